The van der Waals surface area contributed by atoms with Gasteiger partial charge in [-0.25, -0.2) is 4.79 Å². The van der Waals surface area contributed by atoms with Crippen LogP contribution in [0, 0.1) is 5.92 Å². The lowest BCUT2D eigenvalue weighted by Crippen LogP contribution is -2.12. The number of rotatable bonds is 5. The Morgan fingerprint density at radius 1 is 1.53 bits per heavy atom. The van der Waals surface area contributed by atoms with Gasteiger partial charge in [0.1, 0.15) is 0 Å². The summed E-state index contributed by atoms with van der Waals surface area (Å²) in [6, 6.07) is 5.11. The van der Waals surface area contributed by atoms with Crippen molar-refractivity contribution in [1.82, 2.24) is 0 Å². The van der Waals surface area contributed by atoms with Crippen molar-refractivity contribution in [1.29, 1.82) is 0 Å². The number of anilines is 1. The van der Waals surface area contributed by atoms with E-state index < -0.39 is 0 Å². The van der Waals surface area contributed by atoms with E-state index in [9.17, 15) is 4.79 Å². The highest BCUT2D eigenvalue weighted by molar-refractivity contribution is 9.10. The Morgan fingerprint density at radius 3 is 2.88 bits per heavy atom. The van der Waals surface area contributed by atoms with Gasteiger partial charge in [-0.05, 0) is 46.5 Å². The highest BCUT2D eigenvalue weighted by atomic mass is 79.9. The molecule has 0 aliphatic rings. The van der Waals surface area contributed by atoms with E-state index in [1.165, 1.54) is 0 Å². The first-order valence-electron chi connectivity index (χ1n) is 5.76. The molecular formula is C13H18BrNO2. The fourth-order valence-electron chi connectivity index (χ4n) is 1.57. The predicted octanol–water partition coefficient (Wildman–Crippen LogP) is 3.62. The second-order valence-electron chi connectivity index (χ2n) is 4.23. The third kappa shape index (κ3) is 4.38. The molecule has 0 radical (unpaired) electrons. The first kappa shape index (κ1) is 14.0. The van der Waals surface area contributed by atoms with Gasteiger partial charge in [-0.15, -0.1) is 0 Å². The molecule has 3 nitrogen and oxygen atoms in total. The van der Waals surface area contributed by atoms with Gasteiger partial charge in [0.05, 0.1) is 12.2 Å². The molecular weight excluding hydrogens is 282 g/mol. The monoisotopic (exact) mass is 299 g/mol. The molecule has 0 saturated carbocycles. The van der Waals surface area contributed by atoms with E-state index in [0.29, 0.717) is 28.2 Å². The van der Waals surface area contributed by atoms with Gasteiger partial charge < -0.3 is 10.5 Å². The van der Waals surface area contributed by atoms with Crippen LogP contribution in [0.1, 0.15) is 37.0 Å². The van der Waals surface area contributed by atoms with E-state index in [4.69, 9.17) is 10.5 Å². The van der Waals surface area contributed by atoms with Crippen molar-refractivity contribution < 1.29 is 9.53 Å². The summed E-state index contributed by atoms with van der Waals surface area (Å²) in [5.74, 6) is 0.0657. The lowest BCUT2D eigenvalue weighted by atomic mass is 10.1. The molecule has 0 aromatic heterocycles. The van der Waals surface area contributed by atoms with Gasteiger partial charge in [-0.1, -0.05) is 20.3 Å². The lowest BCUT2D eigenvalue weighted by Gasteiger charge is -2.11. The molecule has 2 N–H and O–H groups in total. The van der Waals surface area contributed by atoms with E-state index in [-0.39, 0.29) is 5.97 Å². The average Bonchev–Trinajstić information content (AvgIpc) is 2.29. The van der Waals surface area contributed by atoms with Crippen molar-refractivity contribution in [2.75, 3.05) is 12.3 Å². The molecule has 1 aromatic rings. The van der Waals surface area contributed by atoms with Crippen LogP contribution in [0.15, 0.2) is 22.7 Å². The van der Waals surface area contributed by atoms with Gasteiger partial charge >= 0.3 is 5.97 Å². The van der Waals surface area contributed by atoms with E-state index in [0.717, 1.165) is 12.8 Å². The van der Waals surface area contributed by atoms with Gasteiger partial charge in [-0.2, -0.15) is 0 Å². The minimum Gasteiger partial charge on any atom is -0.462 e. The van der Waals surface area contributed by atoms with Gasteiger partial charge in [0.15, 0.2) is 0 Å². The van der Waals surface area contributed by atoms with Crippen LogP contribution < -0.4 is 5.73 Å². The molecule has 1 rings (SSSR count). The zero-order valence-corrected chi connectivity index (χ0v) is 11.8. The minimum atomic E-state index is -0.327. The largest absolute Gasteiger partial charge is 0.462 e. The van der Waals surface area contributed by atoms with E-state index in [2.05, 4.69) is 29.8 Å². The Bertz CT molecular complexity index is 393. The number of ether oxygens (including phenoxy) is 1. The molecule has 0 saturated heterocycles. The SMILES string of the molecule is CCCC(C)COC(=O)c1cc(N)ccc1Br. The molecule has 0 bridgehead atoms. The van der Waals surface area contributed by atoms with Gasteiger partial charge in [0, 0.05) is 10.2 Å². The number of hydrogen-bond donors (Lipinski definition) is 1. The fourth-order valence-corrected chi connectivity index (χ4v) is 1.98. The Hall–Kier alpha value is -1.03. The first-order valence-corrected chi connectivity index (χ1v) is 6.56. The van der Waals surface area contributed by atoms with Crippen molar-refractivity contribution in [2.45, 2.75) is 26.7 Å². The summed E-state index contributed by atoms with van der Waals surface area (Å²) in [5.41, 5.74) is 6.68. The molecule has 0 aliphatic heterocycles. The zero-order valence-electron chi connectivity index (χ0n) is 10.2. The molecule has 1 atom stereocenters. The van der Waals surface area contributed by atoms with Gasteiger partial charge in [0.2, 0.25) is 0 Å². The maximum Gasteiger partial charge on any atom is 0.339 e. The number of benzene rings is 1. The summed E-state index contributed by atoms with van der Waals surface area (Å²) in [7, 11) is 0. The molecule has 0 amide bonds. The van der Waals surface area contributed by atoms with Crippen LogP contribution >= 0.6 is 15.9 Å². The number of nitrogens with two attached hydrogens (primary N) is 1. The second kappa shape index (κ2) is 6.64. The molecule has 1 unspecified atom stereocenters. The summed E-state index contributed by atoms with van der Waals surface area (Å²) in [4.78, 5) is 11.8. The maximum atomic E-state index is 11.8. The number of nitrogen functional groups attached to an aromatic ring is 1. The molecule has 0 spiro atoms. The summed E-state index contributed by atoms with van der Waals surface area (Å²) in [6.45, 7) is 4.64. The molecule has 17 heavy (non-hydrogen) atoms. The smallest absolute Gasteiger partial charge is 0.339 e. The Balaban J connectivity index is 2.61. The third-order valence-corrected chi connectivity index (χ3v) is 3.18. The normalized spacial score (nSPS) is 12.2. The van der Waals surface area contributed by atoms with E-state index in [1.807, 2.05) is 0 Å². The summed E-state index contributed by atoms with van der Waals surface area (Å²) < 4.78 is 5.96. The van der Waals surface area contributed by atoms with Gasteiger partial charge in [0.25, 0.3) is 0 Å². The first-order chi connectivity index (χ1) is 8.04. The van der Waals surface area contributed by atoms with Crippen LogP contribution in [0.2, 0.25) is 0 Å². The third-order valence-electron chi connectivity index (χ3n) is 2.49. The molecule has 94 valence electrons. The zero-order chi connectivity index (χ0) is 12.8. The van der Waals surface area contributed by atoms with Crippen molar-refractivity contribution >= 4 is 27.6 Å². The Kier molecular flexibility index (Phi) is 5.48. The van der Waals surface area contributed by atoms with Crippen molar-refractivity contribution in [3.63, 3.8) is 0 Å². The molecule has 4 heteroatoms. The summed E-state index contributed by atoms with van der Waals surface area (Å²) in [6.07, 6.45) is 2.16. The minimum absolute atomic E-state index is 0.327. The lowest BCUT2D eigenvalue weighted by molar-refractivity contribution is 0.0442. The number of carbonyl (C=O) groups excluding carboxylic acids is 1. The van der Waals surface area contributed by atoms with Crippen molar-refractivity contribution in [3.05, 3.63) is 28.2 Å². The molecule has 1 aromatic carbocycles. The van der Waals surface area contributed by atoms with Crippen LogP contribution in [0.4, 0.5) is 5.69 Å². The molecule has 0 fully saturated rings. The Morgan fingerprint density at radius 2 is 2.24 bits per heavy atom. The number of halogens is 1. The van der Waals surface area contributed by atoms with Gasteiger partial charge in [-0.3, -0.25) is 0 Å². The van der Waals surface area contributed by atoms with Crippen LogP contribution in [0.25, 0.3) is 0 Å². The van der Waals surface area contributed by atoms with Crippen LogP contribution in [-0.2, 0) is 4.74 Å². The van der Waals surface area contributed by atoms with Crippen LogP contribution in [0.3, 0.4) is 0 Å². The van der Waals surface area contributed by atoms with E-state index in [1.54, 1.807) is 18.2 Å². The summed E-state index contributed by atoms with van der Waals surface area (Å²) in [5, 5.41) is 0. The van der Waals surface area contributed by atoms with Crippen molar-refractivity contribution in [3.8, 4) is 0 Å². The van der Waals surface area contributed by atoms with E-state index >= 15 is 0 Å². The number of carbonyl (C=O) groups is 1. The highest BCUT2D eigenvalue weighted by Crippen LogP contribution is 2.20. The fraction of sp³-hybridized carbons (Fsp3) is 0.462. The average molecular weight is 300 g/mol. The quantitative estimate of drug-likeness (QED) is 0.667. The standard InChI is InChI=1S/C13H18BrNO2/c1-3-4-9(2)8-17-13(16)11-7-10(15)5-6-12(11)14/h5-7,9H,3-4,8,15H2,1-2H3. The maximum absolute atomic E-state index is 11.8. The van der Waals surface area contributed by atoms with Crippen LogP contribution in [-0.4, -0.2) is 12.6 Å². The van der Waals surface area contributed by atoms with Crippen LogP contribution in [0.5, 0.6) is 0 Å². The van der Waals surface area contributed by atoms with Crippen molar-refractivity contribution in [2.24, 2.45) is 5.92 Å². The second-order valence-corrected chi connectivity index (χ2v) is 5.09. The predicted molar refractivity (Wildman–Crippen MR) is 72.9 cm³/mol. The number of hydrogen-bond acceptors (Lipinski definition) is 3. The highest BCUT2D eigenvalue weighted by Gasteiger charge is 2.13. The molecule has 0 aliphatic carbocycles. The topological polar surface area (TPSA) is 52.3 Å². The molecule has 0 heterocycles. The number of esters is 1. The summed E-state index contributed by atoms with van der Waals surface area (Å²) >= 11 is 3.31. The Labute approximate surface area is 110 Å².